The topological polar surface area (TPSA) is 77.8 Å². The van der Waals surface area contributed by atoms with Crippen LogP contribution in [0.15, 0.2) is 24.3 Å². The number of piperidine rings is 1. The second-order valence-corrected chi connectivity index (χ2v) is 5.83. The predicted octanol–water partition coefficient (Wildman–Crippen LogP) is 1.30. The SMILES string of the molecule is O=C(O)[C@@H]1[C@H]2C[C@H]2CN1C(=O)[C@H](O)c1cccc(Cl)c1. The molecule has 0 spiro atoms. The van der Waals surface area contributed by atoms with Gasteiger partial charge in [-0.05, 0) is 36.0 Å². The molecule has 1 aliphatic carbocycles. The summed E-state index contributed by atoms with van der Waals surface area (Å²) in [6.45, 7) is 0.415. The number of halogens is 1. The second kappa shape index (κ2) is 4.75. The third-order valence-corrected chi connectivity index (χ3v) is 4.32. The maximum atomic E-state index is 12.3. The normalized spacial score (nSPS) is 28.9. The molecule has 1 aromatic rings. The fraction of sp³-hybridized carbons (Fsp3) is 0.429. The zero-order valence-corrected chi connectivity index (χ0v) is 11.3. The van der Waals surface area contributed by atoms with Crippen LogP contribution in [0.2, 0.25) is 5.02 Å². The zero-order valence-electron chi connectivity index (χ0n) is 10.6. The van der Waals surface area contributed by atoms with Gasteiger partial charge in [0, 0.05) is 11.6 Å². The fourth-order valence-electron chi connectivity index (χ4n) is 2.98. The summed E-state index contributed by atoms with van der Waals surface area (Å²) < 4.78 is 0. The van der Waals surface area contributed by atoms with Crippen molar-refractivity contribution in [2.75, 3.05) is 6.54 Å². The van der Waals surface area contributed by atoms with Crippen LogP contribution in [-0.2, 0) is 9.59 Å². The molecule has 1 saturated carbocycles. The van der Waals surface area contributed by atoms with Gasteiger partial charge in [-0.2, -0.15) is 0 Å². The molecule has 1 aromatic carbocycles. The first kappa shape index (κ1) is 13.4. The molecule has 3 rings (SSSR count). The van der Waals surface area contributed by atoms with Crippen molar-refractivity contribution in [1.29, 1.82) is 0 Å². The van der Waals surface area contributed by atoms with Crippen LogP contribution < -0.4 is 0 Å². The first-order valence-corrected chi connectivity index (χ1v) is 6.83. The lowest BCUT2D eigenvalue weighted by atomic mass is 10.1. The van der Waals surface area contributed by atoms with E-state index in [1.807, 2.05) is 0 Å². The Balaban J connectivity index is 1.80. The van der Waals surface area contributed by atoms with Gasteiger partial charge >= 0.3 is 5.97 Å². The Bertz CT molecular complexity index is 576. The van der Waals surface area contributed by atoms with E-state index in [1.165, 1.54) is 11.0 Å². The Labute approximate surface area is 120 Å². The summed E-state index contributed by atoms with van der Waals surface area (Å²) in [5, 5.41) is 19.8. The molecule has 0 bridgehead atoms. The molecule has 0 radical (unpaired) electrons. The highest BCUT2D eigenvalue weighted by Crippen LogP contribution is 2.50. The largest absolute Gasteiger partial charge is 0.480 e. The smallest absolute Gasteiger partial charge is 0.326 e. The quantitative estimate of drug-likeness (QED) is 0.881. The summed E-state index contributed by atoms with van der Waals surface area (Å²) in [5.74, 6) is -1.25. The predicted molar refractivity (Wildman–Crippen MR) is 71.1 cm³/mol. The standard InChI is InChI=1S/C14H14ClNO4/c15-9-3-1-2-7(4-9)12(17)13(18)16-6-8-5-10(8)11(16)14(19)20/h1-4,8,10-12,17H,5-6H2,(H,19,20)/t8-,10-,11-,12+/m0/s1. The maximum Gasteiger partial charge on any atom is 0.326 e. The van der Waals surface area contributed by atoms with Gasteiger partial charge in [0.15, 0.2) is 6.10 Å². The van der Waals surface area contributed by atoms with Gasteiger partial charge in [-0.25, -0.2) is 4.79 Å². The number of rotatable bonds is 3. The minimum Gasteiger partial charge on any atom is -0.480 e. The molecule has 1 heterocycles. The van der Waals surface area contributed by atoms with Gasteiger partial charge in [-0.1, -0.05) is 23.7 Å². The van der Waals surface area contributed by atoms with Crippen molar-refractivity contribution < 1.29 is 19.8 Å². The van der Waals surface area contributed by atoms with Gasteiger partial charge in [0.05, 0.1) is 0 Å². The van der Waals surface area contributed by atoms with Crippen molar-refractivity contribution in [1.82, 2.24) is 4.90 Å². The molecular formula is C14H14ClNO4. The summed E-state index contributed by atoms with van der Waals surface area (Å²) in [4.78, 5) is 24.9. The minimum atomic E-state index is -1.37. The van der Waals surface area contributed by atoms with Crippen molar-refractivity contribution >= 4 is 23.5 Å². The van der Waals surface area contributed by atoms with Crippen molar-refractivity contribution in [3.8, 4) is 0 Å². The number of aliphatic carboxylic acids is 1. The van der Waals surface area contributed by atoms with Gasteiger partial charge in [-0.3, -0.25) is 4.79 Å². The van der Waals surface area contributed by atoms with Gasteiger partial charge < -0.3 is 15.1 Å². The molecule has 1 saturated heterocycles. The molecule has 0 aromatic heterocycles. The van der Waals surface area contributed by atoms with E-state index in [1.54, 1.807) is 18.2 Å². The summed E-state index contributed by atoms with van der Waals surface area (Å²) in [6, 6.07) is 5.59. The molecule has 2 N–H and O–H groups in total. The third kappa shape index (κ3) is 2.17. The average molecular weight is 296 g/mol. The molecule has 20 heavy (non-hydrogen) atoms. The van der Waals surface area contributed by atoms with Crippen molar-refractivity contribution in [2.45, 2.75) is 18.6 Å². The minimum absolute atomic E-state index is 0.0445. The molecule has 1 aliphatic heterocycles. The number of carbonyl (C=O) groups is 2. The molecule has 1 amide bonds. The number of carboxylic acid groups (broad SMARTS) is 1. The van der Waals surface area contributed by atoms with Gasteiger partial charge in [-0.15, -0.1) is 0 Å². The number of amides is 1. The van der Waals surface area contributed by atoms with Crippen LogP contribution in [0.25, 0.3) is 0 Å². The van der Waals surface area contributed by atoms with E-state index in [9.17, 15) is 19.8 Å². The van der Waals surface area contributed by atoms with Crippen LogP contribution in [0, 0.1) is 11.8 Å². The Kier molecular flexibility index (Phi) is 3.18. The van der Waals surface area contributed by atoms with E-state index in [0.29, 0.717) is 17.1 Å². The lowest BCUT2D eigenvalue weighted by molar-refractivity contribution is -0.153. The van der Waals surface area contributed by atoms with Crippen LogP contribution in [0.5, 0.6) is 0 Å². The van der Waals surface area contributed by atoms with Gasteiger partial charge in [0.1, 0.15) is 6.04 Å². The summed E-state index contributed by atoms with van der Waals surface area (Å²) in [6.07, 6.45) is -0.512. The number of fused-ring (bicyclic) bond motifs is 1. The highest BCUT2D eigenvalue weighted by atomic mass is 35.5. The van der Waals surface area contributed by atoms with Gasteiger partial charge in [0.2, 0.25) is 0 Å². The Hall–Kier alpha value is -1.59. The summed E-state index contributed by atoms with van der Waals surface area (Å²) in [7, 11) is 0. The van der Waals surface area contributed by atoms with E-state index < -0.39 is 24.0 Å². The van der Waals surface area contributed by atoms with Crippen molar-refractivity contribution in [3.63, 3.8) is 0 Å². The van der Waals surface area contributed by atoms with Crippen LogP contribution in [0.3, 0.4) is 0 Å². The lowest BCUT2D eigenvalue weighted by Crippen LogP contribution is -2.45. The highest BCUT2D eigenvalue weighted by Gasteiger charge is 2.57. The molecular weight excluding hydrogens is 282 g/mol. The number of aliphatic hydroxyl groups is 1. The van der Waals surface area contributed by atoms with Crippen molar-refractivity contribution in [3.05, 3.63) is 34.9 Å². The first-order chi connectivity index (χ1) is 9.49. The fourth-order valence-corrected chi connectivity index (χ4v) is 3.18. The third-order valence-electron chi connectivity index (χ3n) is 4.08. The molecule has 5 nitrogen and oxygen atoms in total. The van der Waals surface area contributed by atoms with Crippen LogP contribution in [0.4, 0.5) is 0 Å². The molecule has 4 atom stereocenters. The van der Waals surface area contributed by atoms with E-state index in [2.05, 4.69) is 0 Å². The number of benzene rings is 1. The van der Waals surface area contributed by atoms with E-state index >= 15 is 0 Å². The molecule has 6 heteroatoms. The Morgan fingerprint density at radius 2 is 2.15 bits per heavy atom. The number of carboxylic acids is 1. The second-order valence-electron chi connectivity index (χ2n) is 5.39. The molecule has 2 fully saturated rings. The highest BCUT2D eigenvalue weighted by molar-refractivity contribution is 6.30. The first-order valence-electron chi connectivity index (χ1n) is 6.46. The summed E-state index contributed by atoms with van der Waals surface area (Å²) in [5.41, 5.74) is 0.382. The number of nitrogens with zero attached hydrogens (tertiary/aromatic N) is 1. The van der Waals surface area contributed by atoms with E-state index in [-0.39, 0.29) is 11.8 Å². The zero-order chi connectivity index (χ0) is 14.4. The number of likely N-dealkylation sites (tertiary alicyclic amines) is 1. The Morgan fingerprint density at radius 3 is 2.80 bits per heavy atom. The molecule has 2 aliphatic rings. The van der Waals surface area contributed by atoms with Crippen LogP contribution in [0.1, 0.15) is 18.1 Å². The monoisotopic (exact) mass is 295 g/mol. The number of hydrogen-bond donors (Lipinski definition) is 2. The van der Waals surface area contributed by atoms with E-state index in [0.717, 1.165) is 6.42 Å². The number of carbonyl (C=O) groups excluding carboxylic acids is 1. The molecule has 0 unspecified atom stereocenters. The maximum absolute atomic E-state index is 12.3. The van der Waals surface area contributed by atoms with E-state index in [4.69, 9.17) is 11.6 Å². The summed E-state index contributed by atoms with van der Waals surface area (Å²) >= 11 is 5.83. The average Bonchev–Trinajstić information content (AvgIpc) is 3.06. The lowest BCUT2D eigenvalue weighted by Gasteiger charge is -2.26. The number of aliphatic hydroxyl groups excluding tert-OH is 1. The van der Waals surface area contributed by atoms with Crippen molar-refractivity contribution in [2.24, 2.45) is 11.8 Å². The van der Waals surface area contributed by atoms with Crippen LogP contribution >= 0.6 is 11.6 Å². The van der Waals surface area contributed by atoms with Crippen LogP contribution in [-0.4, -0.2) is 39.6 Å². The molecule has 106 valence electrons. The number of hydrogen-bond acceptors (Lipinski definition) is 3. The van der Waals surface area contributed by atoms with Gasteiger partial charge in [0.25, 0.3) is 5.91 Å². The Morgan fingerprint density at radius 1 is 1.40 bits per heavy atom.